The van der Waals surface area contributed by atoms with Gasteiger partial charge in [0, 0.05) is 31.7 Å². The first kappa shape index (κ1) is 15.6. The topological polar surface area (TPSA) is 24.9 Å². The summed E-state index contributed by atoms with van der Waals surface area (Å²) in [6.45, 7) is 9.71. The monoisotopic (exact) mass is 304 g/mol. The molecule has 1 aromatic carbocycles. The summed E-state index contributed by atoms with van der Waals surface area (Å²) in [5.74, 6) is 1.67. The lowest BCUT2D eigenvalue weighted by Gasteiger charge is -2.42. The highest BCUT2D eigenvalue weighted by Crippen LogP contribution is 2.30. The molecule has 2 fully saturated rings. The number of fused-ring (bicyclic) bond motifs is 1. The normalized spacial score (nSPS) is 26.0. The van der Waals surface area contributed by atoms with Gasteiger partial charge in [-0.2, -0.15) is 0 Å². The number of rotatable bonds is 5. The van der Waals surface area contributed by atoms with Crippen LogP contribution in [0.1, 0.15) is 32.3 Å². The summed E-state index contributed by atoms with van der Waals surface area (Å²) >= 11 is 0. The highest BCUT2D eigenvalue weighted by Gasteiger charge is 2.34. The van der Waals surface area contributed by atoms with Crippen LogP contribution in [0, 0.1) is 0 Å². The van der Waals surface area contributed by atoms with Gasteiger partial charge in [0.2, 0.25) is 0 Å². The maximum Gasteiger partial charge on any atom is 0.161 e. The number of hydrogen-bond acceptors (Lipinski definition) is 4. The van der Waals surface area contributed by atoms with E-state index in [-0.39, 0.29) is 0 Å². The van der Waals surface area contributed by atoms with Gasteiger partial charge in [0.25, 0.3) is 0 Å². The molecule has 3 rings (SSSR count). The highest BCUT2D eigenvalue weighted by atomic mass is 16.5. The SMILES string of the molecule is CCOc1cc(CN2CC3CCCN3C[C@@H]2C)ccc1OC. The van der Waals surface area contributed by atoms with Crippen molar-refractivity contribution in [3.05, 3.63) is 23.8 Å². The zero-order valence-corrected chi connectivity index (χ0v) is 14.0. The van der Waals surface area contributed by atoms with Crippen molar-refractivity contribution in [1.82, 2.24) is 9.80 Å². The van der Waals surface area contributed by atoms with Gasteiger partial charge in [0.15, 0.2) is 11.5 Å². The van der Waals surface area contributed by atoms with Crippen molar-refractivity contribution in [2.75, 3.05) is 33.4 Å². The average molecular weight is 304 g/mol. The Kier molecular flexibility index (Phi) is 4.89. The Hall–Kier alpha value is -1.26. The molecule has 0 bridgehead atoms. The molecule has 22 heavy (non-hydrogen) atoms. The fraction of sp³-hybridized carbons (Fsp3) is 0.667. The van der Waals surface area contributed by atoms with E-state index in [2.05, 4.69) is 28.9 Å². The van der Waals surface area contributed by atoms with E-state index in [1.165, 1.54) is 38.0 Å². The van der Waals surface area contributed by atoms with Crippen LogP contribution < -0.4 is 9.47 Å². The lowest BCUT2D eigenvalue weighted by atomic mass is 10.1. The maximum atomic E-state index is 5.70. The van der Waals surface area contributed by atoms with Crippen LogP contribution in [-0.4, -0.2) is 55.2 Å². The minimum Gasteiger partial charge on any atom is -0.493 e. The minimum atomic E-state index is 0.618. The van der Waals surface area contributed by atoms with Crippen LogP contribution in [0.3, 0.4) is 0 Å². The van der Waals surface area contributed by atoms with Gasteiger partial charge < -0.3 is 9.47 Å². The fourth-order valence-corrected chi connectivity index (χ4v) is 3.79. The number of methoxy groups -OCH3 is 1. The molecule has 0 amide bonds. The van der Waals surface area contributed by atoms with Gasteiger partial charge in [0.1, 0.15) is 0 Å². The molecule has 0 saturated carbocycles. The lowest BCUT2D eigenvalue weighted by Crippen LogP contribution is -2.54. The molecule has 4 nitrogen and oxygen atoms in total. The van der Waals surface area contributed by atoms with Gasteiger partial charge in [-0.25, -0.2) is 0 Å². The third-order valence-electron chi connectivity index (χ3n) is 4.98. The number of nitrogens with zero attached hydrogens (tertiary/aromatic N) is 2. The lowest BCUT2D eigenvalue weighted by molar-refractivity contribution is 0.0540. The molecular weight excluding hydrogens is 276 g/mol. The van der Waals surface area contributed by atoms with E-state index < -0.39 is 0 Å². The predicted molar refractivity (Wildman–Crippen MR) is 88.6 cm³/mol. The van der Waals surface area contributed by atoms with Gasteiger partial charge in [0.05, 0.1) is 13.7 Å². The van der Waals surface area contributed by atoms with Crippen molar-refractivity contribution >= 4 is 0 Å². The van der Waals surface area contributed by atoms with Crippen LogP contribution in [0.2, 0.25) is 0 Å². The van der Waals surface area contributed by atoms with Crippen molar-refractivity contribution in [2.45, 2.75) is 45.3 Å². The van der Waals surface area contributed by atoms with E-state index in [9.17, 15) is 0 Å². The van der Waals surface area contributed by atoms with Crippen LogP contribution in [0.15, 0.2) is 18.2 Å². The molecule has 2 heterocycles. The van der Waals surface area contributed by atoms with Gasteiger partial charge >= 0.3 is 0 Å². The maximum absolute atomic E-state index is 5.70. The molecule has 4 heteroatoms. The van der Waals surface area contributed by atoms with E-state index in [0.29, 0.717) is 12.6 Å². The third-order valence-corrected chi connectivity index (χ3v) is 4.98. The Bertz CT molecular complexity index is 506. The molecule has 0 spiro atoms. The zero-order chi connectivity index (χ0) is 15.5. The average Bonchev–Trinajstić information content (AvgIpc) is 2.95. The molecule has 0 aromatic heterocycles. The molecule has 0 aliphatic carbocycles. The van der Waals surface area contributed by atoms with Gasteiger partial charge in [-0.05, 0) is 50.9 Å². The Morgan fingerprint density at radius 1 is 1.23 bits per heavy atom. The quantitative estimate of drug-likeness (QED) is 0.835. The van der Waals surface area contributed by atoms with Gasteiger partial charge in [-0.1, -0.05) is 6.07 Å². The first-order chi connectivity index (χ1) is 10.7. The van der Waals surface area contributed by atoms with Crippen molar-refractivity contribution in [3.8, 4) is 11.5 Å². The first-order valence-corrected chi connectivity index (χ1v) is 8.49. The van der Waals surface area contributed by atoms with Crippen molar-refractivity contribution in [2.24, 2.45) is 0 Å². The second kappa shape index (κ2) is 6.88. The molecule has 2 saturated heterocycles. The molecule has 2 aliphatic heterocycles. The summed E-state index contributed by atoms with van der Waals surface area (Å²) in [4.78, 5) is 5.28. The van der Waals surface area contributed by atoms with Crippen LogP contribution >= 0.6 is 0 Å². The third kappa shape index (κ3) is 3.23. The van der Waals surface area contributed by atoms with Gasteiger partial charge in [-0.3, -0.25) is 9.80 Å². The molecule has 2 atom stereocenters. The Labute approximate surface area is 134 Å². The molecule has 1 aromatic rings. The van der Waals surface area contributed by atoms with Crippen LogP contribution in [0.25, 0.3) is 0 Å². The standard InChI is InChI=1S/C18H28N2O2/c1-4-22-18-10-15(7-8-17(18)21-3)12-20-13-16-6-5-9-19(16)11-14(20)2/h7-8,10,14,16H,4-6,9,11-13H2,1-3H3/t14-,16?/m0/s1. The van der Waals surface area contributed by atoms with Gasteiger partial charge in [-0.15, -0.1) is 0 Å². The summed E-state index contributed by atoms with van der Waals surface area (Å²) in [5.41, 5.74) is 1.31. The fourth-order valence-electron chi connectivity index (χ4n) is 3.79. The minimum absolute atomic E-state index is 0.618. The van der Waals surface area contributed by atoms with E-state index in [1.807, 2.05) is 13.0 Å². The number of piperazine rings is 1. The van der Waals surface area contributed by atoms with Crippen molar-refractivity contribution < 1.29 is 9.47 Å². The molecular formula is C18H28N2O2. The molecule has 1 unspecified atom stereocenters. The predicted octanol–water partition coefficient (Wildman–Crippen LogP) is 2.76. The first-order valence-electron chi connectivity index (χ1n) is 8.49. The van der Waals surface area contributed by atoms with Crippen molar-refractivity contribution in [3.63, 3.8) is 0 Å². The highest BCUT2D eigenvalue weighted by molar-refractivity contribution is 5.43. The zero-order valence-electron chi connectivity index (χ0n) is 14.0. The van der Waals surface area contributed by atoms with Crippen LogP contribution in [0.4, 0.5) is 0 Å². The number of hydrogen-bond donors (Lipinski definition) is 0. The van der Waals surface area contributed by atoms with E-state index >= 15 is 0 Å². The second-order valence-electron chi connectivity index (χ2n) is 6.49. The van der Waals surface area contributed by atoms with Crippen molar-refractivity contribution in [1.29, 1.82) is 0 Å². The van der Waals surface area contributed by atoms with E-state index in [0.717, 1.165) is 24.1 Å². The van der Waals surface area contributed by atoms with Crippen LogP contribution in [-0.2, 0) is 6.54 Å². The summed E-state index contributed by atoms with van der Waals surface area (Å²) < 4.78 is 11.1. The van der Waals surface area contributed by atoms with E-state index in [4.69, 9.17) is 9.47 Å². The smallest absolute Gasteiger partial charge is 0.161 e. The number of ether oxygens (including phenoxy) is 2. The van der Waals surface area contributed by atoms with E-state index in [1.54, 1.807) is 7.11 Å². The molecule has 122 valence electrons. The Morgan fingerprint density at radius 2 is 2.09 bits per heavy atom. The Balaban J connectivity index is 1.70. The molecule has 0 N–H and O–H groups in total. The number of benzene rings is 1. The second-order valence-corrected chi connectivity index (χ2v) is 6.49. The largest absolute Gasteiger partial charge is 0.493 e. The molecule has 0 radical (unpaired) electrons. The molecule has 2 aliphatic rings. The van der Waals surface area contributed by atoms with Crippen LogP contribution in [0.5, 0.6) is 11.5 Å². The summed E-state index contributed by atoms with van der Waals surface area (Å²) in [6, 6.07) is 7.70. The summed E-state index contributed by atoms with van der Waals surface area (Å²) in [6.07, 6.45) is 2.72. The summed E-state index contributed by atoms with van der Waals surface area (Å²) in [7, 11) is 1.69. The summed E-state index contributed by atoms with van der Waals surface area (Å²) in [5, 5.41) is 0. The Morgan fingerprint density at radius 3 is 2.86 bits per heavy atom.